The van der Waals surface area contributed by atoms with Gasteiger partial charge >= 0.3 is 0 Å². The summed E-state index contributed by atoms with van der Waals surface area (Å²) in [4.78, 5) is 6.29. The molecular weight excluding hydrogens is 316 g/mol. The molecule has 2 aromatic rings. The largest absolute Gasteiger partial charge is 0.493 e. The van der Waals surface area contributed by atoms with Gasteiger partial charge in [0, 0.05) is 50.2 Å². The third-order valence-electron chi connectivity index (χ3n) is 4.71. The molecule has 25 heavy (non-hydrogen) atoms. The van der Waals surface area contributed by atoms with Crippen molar-refractivity contribution in [3.63, 3.8) is 0 Å². The molecule has 6 heteroatoms. The molecule has 3 N–H and O–H groups in total. The van der Waals surface area contributed by atoms with Gasteiger partial charge in [0.25, 0.3) is 0 Å². The number of imidazole rings is 1. The summed E-state index contributed by atoms with van der Waals surface area (Å²) in [6, 6.07) is 8.07. The molecule has 1 aliphatic heterocycles. The lowest BCUT2D eigenvalue weighted by molar-refractivity contribution is 0.0495. The number of hydrogen-bond donors (Lipinski definition) is 2. The Hall–Kier alpha value is -1.89. The molecule has 2 heterocycles. The van der Waals surface area contributed by atoms with Crippen molar-refractivity contribution in [1.82, 2.24) is 14.5 Å². The first-order chi connectivity index (χ1) is 12.2. The van der Waals surface area contributed by atoms with Crippen LogP contribution in [0.1, 0.15) is 24.8 Å². The van der Waals surface area contributed by atoms with Gasteiger partial charge in [-0.05, 0) is 25.3 Å². The third-order valence-corrected chi connectivity index (χ3v) is 4.71. The lowest BCUT2D eigenvalue weighted by Crippen LogP contribution is -2.50. The van der Waals surface area contributed by atoms with Gasteiger partial charge in [-0.25, -0.2) is 4.98 Å². The van der Waals surface area contributed by atoms with Gasteiger partial charge in [0.15, 0.2) is 0 Å². The number of aliphatic hydroxyl groups excluding tert-OH is 1. The van der Waals surface area contributed by atoms with Gasteiger partial charge in [-0.1, -0.05) is 18.2 Å². The fourth-order valence-electron chi connectivity index (χ4n) is 3.17. The molecule has 0 unspecified atom stereocenters. The Morgan fingerprint density at radius 2 is 2.16 bits per heavy atom. The number of ether oxygens (including phenoxy) is 1. The van der Waals surface area contributed by atoms with E-state index in [0.29, 0.717) is 13.2 Å². The van der Waals surface area contributed by atoms with Crippen LogP contribution in [0.2, 0.25) is 0 Å². The number of β-amino-alcohol motifs (C(OH)–C–C–N with tert-alkyl or cyclic N) is 1. The number of aromatic nitrogens is 2. The molecule has 0 radical (unpaired) electrons. The summed E-state index contributed by atoms with van der Waals surface area (Å²) < 4.78 is 8.09. The lowest BCUT2D eigenvalue weighted by atomic mass is 10.0. The molecule has 1 fully saturated rings. The quantitative estimate of drug-likeness (QED) is 0.712. The van der Waals surface area contributed by atoms with Crippen LogP contribution in [0.5, 0.6) is 5.75 Å². The van der Waals surface area contributed by atoms with E-state index in [4.69, 9.17) is 10.5 Å². The van der Waals surface area contributed by atoms with Crippen molar-refractivity contribution in [3.8, 4) is 5.75 Å². The fourth-order valence-corrected chi connectivity index (χ4v) is 3.17. The second-order valence-corrected chi connectivity index (χ2v) is 6.72. The van der Waals surface area contributed by atoms with E-state index < -0.39 is 6.10 Å². The molecule has 6 nitrogen and oxygen atoms in total. The number of para-hydroxylation sites is 1. The van der Waals surface area contributed by atoms with Crippen LogP contribution in [0.4, 0.5) is 0 Å². The van der Waals surface area contributed by atoms with Crippen LogP contribution in [-0.2, 0) is 13.1 Å². The third kappa shape index (κ3) is 5.29. The summed E-state index contributed by atoms with van der Waals surface area (Å²) in [5, 5.41) is 9.97. The minimum Gasteiger partial charge on any atom is -0.493 e. The number of nitrogens with two attached hydrogens (primary N) is 1. The maximum atomic E-state index is 9.97. The molecule has 0 bridgehead atoms. The molecule has 0 amide bonds. The number of unbranched alkanes of at least 4 members (excludes halogenated alkanes) is 1. The normalized spacial score (nSPS) is 21.4. The molecular formula is C19H28N4O2. The lowest BCUT2D eigenvalue weighted by Gasteiger charge is -2.34. The van der Waals surface area contributed by atoms with E-state index in [-0.39, 0.29) is 6.04 Å². The molecule has 1 aromatic heterocycles. The zero-order valence-corrected chi connectivity index (χ0v) is 14.6. The minimum atomic E-state index is -0.440. The SMILES string of the molecule is N[C@@H]1CCN(Cc2ccccc2OCCCCn2ccnc2)C[C@H]1O. The Morgan fingerprint density at radius 1 is 1.28 bits per heavy atom. The van der Waals surface area contributed by atoms with E-state index in [0.717, 1.165) is 44.6 Å². The zero-order valence-electron chi connectivity index (χ0n) is 14.6. The van der Waals surface area contributed by atoms with E-state index in [2.05, 4.69) is 20.5 Å². The van der Waals surface area contributed by atoms with Gasteiger partial charge in [0.1, 0.15) is 5.75 Å². The van der Waals surface area contributed by atoms with E-state index in [1.165, 1.54) is 5.56 Å². The Morgan fingerprint density at radius 3 is 2.96 bits per heavy atom. The van der Waals surface area contributed by atoms with E-state index in [1.54, 1.807) is 6.20 Å². The molecule has 136 valence electrons. The van der Waals surface area contributed by atoms with Gasteiger partial charge in [0.05, 0.1) is 19.0 Å². The van der Waals surface area contributed by atoms with E-state index in [1.807, 2.05) is 30.7 Å². The highest BCUT2D eigenvalue weighted by molar-refractivity contribution is 5.33. The number of benzene rings is 1. The maximum absolute atomic E-state index is 9.97. The van der Waals surface area contributed by atoms with Crippen molar-refractivity contribution in [3.05, 3.63) is 48.5 Å². The molecule has 0 spiro atoms. The second kappa shape index (κ2) is 8.99. The Balaban J connectivity index is 1.45. The number of likely N-dealkylation sites (tertiary alicyclic amines) is 1. The molecule has 2 atom stereocenters. The molecule has 0 saturated carbocycles. The highest BCUT2D eigenvalue weighted by atomic mass is 16.5. The van der Waals surface area contributed by atoms with Crippen LogP contribution < -0.4 is 10.5 Å². The van der Waals surface area contributed by atoms with Gasteiger partial charge in [-0.3, -0.25) is 4.90 Å². The Bertz CT molecular complexity index is 632. The van der Waals surface area contributed by atoms with Crippen molar-refractivity contribution < 1.29 is 9.84 Å². The van der Waals surface area contributed by atoms with Crippen LogP contribution in [0, 0.1) is 0 Å². The van der Waals surface area contributed by atoms with Crippen LogP contribution >= 0.6 is 0 Å². The number of hydrogen-bond acceptors (Lipinski definition) is 5. The van der Waals surface area contributed by atoms with Crippen LogP contribution in [0.15, 0.2) is 43.0 Å². The zero-order chi connectivity index (χ0) is 17.5. The smallest absolute Gasteiger partial charge is 0.123 e. The first kappa shape index (κ1) is 17.9. The minimum absolute atomic E-state index is 0.0989. The van der Waals surface area contributed by atoms with Crippen molar-refractivity contribution >= 4 is 0 Å². The Labute approximate surface area is 149 Å². The molecule has 1 aromatic carbocycles. The highest BCUT2D eigenvalue weighted by Crippen LogP contribution is 2.22. The van der Waals surface area contributed by atoms with Gasteiger partial charge in [-0.2, -0.15) is 0 Å². The molecule has 0 aliphatic carbocycles. The van der Waals surface area contributed by atoms with Crippen molar-refractivity contribution in [1.29, 1.82) is 0 Å². The number of nitrogens with zero attached hydrogens (tertiary/aromatic N) is 3. The van der Waals surface area contributed by atoms with Crippen LogP contribution in [-0.4, -0.2) is 51.4 Å². The fraction of sp³-hybridized carbons (Fsp3) is 0.526. The van der Waals surface area contributed by atoms with Crippen molar-refractivity contribution in [2.45, 2.75) is 44.5 Å². The van der Waals surface area contributed by atoms with E-state index >= 15 is 0 Å². The summed E-state index contributed by atoms with van der Waals surface area (Å²) in [5.74, 6) is 0.939. The van der Waals surface area contributed by atoms with Crippen LogP contribution in [0.3, 0.4) is 0 Å². The first-order valence-corrected chi connectivity index (χ1v) is 9.05. The Kier molecular flexibility index (Phi) is 6.44. The summed E-state index contributed by atoms with van der Waals surface area (Å²) in [7, 11) is 0. The van der Waals surface area contributed by atoms with Gasteiger partial charge in [0.2, 0.25) is 0 Å². The standard InChI is InChI=1S/C19H28N4O2/c20-17-7-10-23(14-18(17)24)13-16-5-1-2-6-19(16)25-12-4-3-9-22-11-8-21-15-22/h1-2,5-6,8,11,15,17-18,24H,3-4,7,9-10,12-14,20H2/t17-,18-/m1/s1. The predicted octanol–water partition coefficient (Wildman–Crippen LogP) is 1.64. The number of aliphatic hydroxyl groups is 1. The average Bonchev–Trinajstić information content (AvgIpc) is 3.13. The van der Waals surface area contributed by atoms with E-state index in [9.17, 15) is 5.11 Å². The maximum Gasteiger partial charge on any atom is 0.123 e. The van der Waals surface area contributed by atoms with Gasteiger partial charge < -0.3 is 20.1 Å². The number of rotatable bonds is 8. The summed E-state index contributed by atoms with van der Waals surface area (Å²) in [6.07, 6.45) is 8.09. The number of aryl methyl sites for hydroxylation is 1. The second-order valence-electron chi connectivity index (χ2n) is 6.72. The molecule has 3 rings (SSSR count). The molecule has 1 saturated heterocycles. The monoisotopic (exact) mass is 344 g/mol. The first-order valence-electron chi connectivity index (χ1n) is 9.05. The van der Waals surface area contributed by atoms with Gasteiger partial charge in [-0.15, -0.1) is 0 Å². The van der Waals surface area contributed by atoms with Crippen molar-refractivity contribution in [2.24, 2.45) is 5.73 Å². The van der Waals surface area contributed by atoms with Crippen molar-refractivity contribution in [2.75, 3.05) is 19.7 Å². The predicted molar refractivity (Wildman–Crippen MR) is 97.3 cm³/mol. The summed E-state index contributed by atoms with van der Waals surface area (Å²) >= 11 is 0. The molecule has 1 aliphatic rings. The highest BCUT2D eigenvalue weighted by Gasteiger charge is 2.25. The number of piperidine rings is 1. The average molecular weight is 344 g/mol. The van der Waals surface area contributed by atoms with Crippen LogP contribution in [0.25, 0.3) is 0 Å². The summed E-state index contributed by atoms with van der Waals surface area (Å²) in [6.45, 7) is 4.00. The topological polar surface area (TPSA) is 76.5 Å². The summed E-state index contributed by atoms with van der Waals surface area (Å²) in [5.41, 5.74) is 7.05.